The average molecular weight is 273 g/mol. The number of amides is 2. The Morgan fingerprint density at radius 1 is 1.10 bits per heavy atom. The molecule has 1 aliphatic heterocycles. The molecule has 1 aromatic carbocycles. The van der Waals surface area contributed by atoms with Crippen LogP contribution in [-0.2, 0) is 4.79 Å². The molecule has 2 rings (SSSR count). The van der Waals surface area contributed by atoms with Gasteiger partial charge < -0.3 is 0 Å². The fourth-order valence-corrected chi connectivity index (χ4v) is 2.59. The van der Waals surface area contributed by atoms with Crippen LogP contribution in [0.2, 0.25) is 0 Å². The zero-order valence-corrected chi connectivity index (χ0v) is 11.9. The molecule has 0 fully saturated rings. The first kappa shape index (κ1) is 14.4. The highest BCUT2D eigenvalue weighted by Gasteiger charge is 2.40. The summed E-state index contributed by atoms with van der Waals surface area (Å²) in [6.45, 7) is 3.52. The zero-order valence-electron chi connectivity index (χ0n) is 11.9. The van der Waals surface area contributed by atoms with Gasteiger partial charge in [-0.1, -0.05) is 38.3 Å². The summed E-state index contributed by atoms with van der Waals surface area (Å²) in [6, 6.07) is 6.10. The predicted molar refractivity (Wildman–Crippen MR) is 75.6 cm³/mol. The second kappa shape index (κ2) is 5.99. The Bertz CT molecular complexity index is 515. The monoisotopic (exact) mass is 273 g/mol. The van der Waals surface area contributed by atoms with Crippen molar-refractivity contribution in [2.75, 3.05) is 0 Å². The van der Waals surface area contributed by atoms with Gasteiger partial charge in [-0.25, -0.2) is 0 Å². The van der Waals surface area contributed by atoms with Crippen molar-refractivity contribution in [2.45, 2.75) is 45.6 Å². The molecule has 1 aliphatic rings. The van der Waals surface area contributed by atoms with E-state index >= 15 is 0 Å². The van der Waals surface area contributed by atoms with Crippen molar-refractivity contribution >= 4 is 17.6 Å². The molecule has 1 aromatic rings. The summed E-state index contributed by atoms with van der Waals surface area (Å²) in [7, 11) is 0. The number of benzene rings is 1. The van der Waals surface area contributed by atoms with Gasteiger partial charge >= 0.3 is 0 Å². The lowest BCUT2D eigenvalue weighted by atomic mass is 10.0. The van der Waals surface area contributed by atoms with Crippen LogP contribution in [0, 0.1) is 0 Å². The normalized spacial score (nSPS) is 15.4. The van der Waals surface area contributed by atoms with Crippen LogP contribution in [0.1, 0.15) is 60.2 Å². The number of fused-ring (bicyclic) bond motifs is 1. The minimum absolute atomic E-state index is 0.129. The molecule has 0 aliphatic carbocycles. The molecule has 1 unspecified atom stereocenters. The zero-order chi connectivity index (χ0) is 14.7. The number of carbonyl (C=O) groups is 3. The Labute approximate surface area is 118 Å². The van der Waals surface area contributed by atoms with E-state index in [9.17, 15) is 14.4 Å². The summed E-state index contributed by atoms with van der Waals surface area (Å²) in [4.78, 5) is 37.6. The van der Waals surface area contributed by atoms with Crippen molar-refractivity contribution < 1.29 is 14.4 Å². The SMILES string of the molecule is CCCCCC(C(C)=O)N1C(=O)c2ccccc2C1=O. The van der Waals surface area contributed by atoms with E-state index in [2.05, 4.69) is 6.92 Å². The first-order chi connectivity index (χ1) is 9.57. The van der Waals surface area contributed by atoms with Crippen LogP contribution in [0.15, 0.2) is 24.3 Å². The molecule has 2 amide bonds. The average Bonchev–Trinajstić information content (AvgIpc) is 2.68. The van der Waals surface area contributed by atoms with Gasteiger partial charge in [-0.05, 0) is 25.5 Å². The first-order valence-corrected chi connectivity index (χ1v) is 7.05. The molecular weight excluding hydrogens is 254 g/mol. The van der Waals surface area contributed by atoms with Gasteiger partial charge in [0.05, 0.1) is 17.2 Å². The molecule has 0 radical (unpaired) electrons. The van der Waals surface area contributed by atoms with Gasteiger partial charge in [0.25, 0.3) is 11.8 Å². The number of hydrogen-bond donors (Lipinski definition) is 0. The number of carbonyl (C=O) groups excluding carboxylic acids is 3. The molecule has 0 saturated carbocycles. The summed E-state index contributed by atoms with van der Waals surface area (Å²) >= 11 is 0. The Morgan fingerprint density at radius 3 is 2.10 bits per heavy atom. The van der Waals surface area contributed by atoms with Crippen LogP contribution in [0.25, 0.3) is 0 Å². The lowest BCUT2D eigenvalue weighted by Crippen LogP contribution is -2.44. The summed E-state index contributed by atoms with van der Waals surface area (Å²) in [5.41, 5.74) is 0.804. The Hall–Kier alpha value is -1.97. The van der Waals surface area contributed by atoms with Crippen molar-refractivity contribution in [3.63, 3.8) is 0 Å². The summed E-state index contributed by atoms with van der Waals surface area (Å²) in [5, 5.41) is 0. The molecule has 1 heterocycles. The summed E-state index contributed by atoms with van der Waals surface area (Å²) in [5.74, 6) is -0.819. The van der Waals surface area contributed by atoms with E-state index in [0.717, 1.165) is 24.2 Å². The Kier molecular flexibility index (Phi) is 4.32. The second-order valence-corrected chi connectivity index (χ2v) is 5.15. The predicted octanol–water partition coefficient (Wildman–Crippen LogP) is 2.82. The van der Waals surface area contributed by atoms with E-state index in [1.807, 2.05) is 0 Å². The van der Waals surface area contributed by atoms with Crippen molar-refractivity contribution in [3.05, 3.63) is 35.4 Å². The number of rotatable bonds is 6. The summed E-state index contributed by atoms with van der Waals surface area (Å²) in [6.07, 6.45) is 3.42. The Morgan fingerprint density at radius 2 is 1.65 bits per heavy atom. The molecule has 106 valence electrons. The number of Topliss-reactive ketones (excluding diaryl/α,β-unsaturated/α-hetero) is 1. The number of unbranched alkanes of at least 4 members (excludes halogenated alkanes) is 2. The van der Waals surface area contributed by atoms with Crippen LogP contribution in [0.4, 0.5) is 0 Å². The van der Waals surface area contributed by atoms with E-state index in [4.69, 9.17) is 0 Å². The molecule has 20 heavy (non-hydrogen) atoms. The van der Waals surface area contributed by atoms with Crippen LogP contribution in [0.5, 0.6) is 0 Å². The number of nitrogens with zero attached hydrogens (tertiary/aromatic N) is 1. The fraction of sp³-hybridized carbons (Fsp3) is 0.438. The maximum absolute atomic E-state index is 12.3. The van der Waals surface area contributed by atoms with E-state index in [1.54, 1.807) is 24.3 Å². The van der Waals surface area contributed by atoms with Crippen LogP contribution < -0.4 is 0 Å². The van der Waals surface area contributed by atoms with Crippen LogP contribution >= 0.6 is 0 Å². The van der Waals surface area contributed by atoms with Crippen molar-refractivity contribution in [1.82, 2.24) is 4.90 Å². The van der Waals surface area contributed by atoms with Gasteiger partial charge in [-0.2, -0.15) is 0 Å². The van der Waals surface area contributed by atoms with Crippen LogP contribution in [0.3, 0.4) is 0 Å². The number of hydrogen-bond acceptors (Lipinski definition) is 3. The molecule has 0 N–H and O–H groups in total. The topological polar surface area (TPSA) is 54.5 Å². The van der Waals surface area contributed by atoms with Crippen molar-refractivity contribution in [1.29, 1.82) is 0 Å². The van der Waals surface area contributed by atoms with Crippen molar-refractivity contribution in [3.8, 4) is 0 Å². The molecule has 4 heteroatoms. The largest absolute Gasteiger partial charge is 0.298 e. The minimum Gasteiger partial charge on any atom is -0.298 e. The third kappa shape index (κ3) is 2.50. The van der Waals surface area contributed by atoms with Crippen molar-refractivity contribution in [2.24, 2.45) is 0 Å². The van der Waals surface area contributed by atoms with Gasteiger partial charge in [0.2, 0.25) is 0 Å². The minimum atomic E-state index is -0.631. The highest BCUT2D eigenvalue weighted by Crippen LogP contribution is 2.26. The fourth-order valence-electron chi connectivity index (χ4n) is 2.59. The first-order valence-electron chi connectivity index (χ1n) is 7.05. The summed E-state index contributed by atoms with van der Waals surface area (Å²) < 4.78 is 0. The third-order valence-electron chi connectivity index (χ3n) is 3.69. The molecule has 1 atom stereocenters. The maximum Gasteiger partial charge on any atom is 0.262 e. The molecule has 0 spiro atoms. The second-order valence-electron chi connectivity index (χ2n) is 5.15. The smallest absolute Gasteiger partial charge is 0.262 e. The Balaban J connectivity index is 2.25. The van der Waals surface area contributed by atoms with Crippen LogP contribution in [-0.4, -0.2) is 28.5 Å². The van der Waals surface area contributed by atoms with Gasteiger partial charge in [-0.15, -0.1) is 0 Å². The molecule has 0 bridgehead atoms. The standard InChI is InChI=1S/C16H19NO3/c1-3-4-5-10-14(11(2)18)17-15(19)12-8-6-7-9-13(12)16(17)20/h6-9,14H,3-5,10H2,1-2H3. The number of ketones is 1. The molecule has 0 aromatic heterocycles. The number of imide groups is 1. The van der Waals surface area contributed by atoms with Gasteiger partial charge in [-0.3, -0.25) is 19.3 Å². The van der Waals surface area contributed by atoms with Gasteiger partial charge in [0, 0.05) is 0 Å². The highest BCUT2D eigenvalue weighted by molar-refractivity contribution is 6.22. The third-order valence-corrected chi connectivity index (χ3v) is 3.69. The van der Waals surface area contributed by atoms with E-state index in [1.165, 1.54) is 6.92 Å². The van der Waals surface area contributed by atoms with E-state index < -0.39 is 6.04 Å². The quantitative estimate of drug-likeness (QED) is 0.591. The van der Waals surface area contributed by atoms with Gasteiger partial charge in [0.1, 0.15) is 0 Å². The maximum atomic E-state index is 12.3. The molecule has 0 saturated heterocycles. The molecule has 4 nitrogen and oxygen atoms in total. The van der Waals surface area contributed by atoms with E-state index in [-0.39, 0.29) is 17.6 Å². The highest BCUT2D eigenvalue weighted by atomic mass is 16.2. The lowest BCUT2D eigenvalue weighted by Gasteiger charge is -2.23. The molecular formula is C16H19NO3. The lowest BCUT2D eigenvalue weighted by molar-refractivity contribution is -0.121. The van der Waals surface area contributed by atoms with Gasteiger partial charge in [0.15, 0.2) is 5.78 Å². The van der Waals surface area contributed by atoms with E-state index in [0.29, 0.717) is 17.5 Å².